The van der Waals surface area contributed by atoms with Crippen LogP contribution in [0.4, 0.5) is 11.4 Å². The van der Waals surface area contributed by atoms with Crippen molar-refractivity contribution in [2.24, 2.45) is 7.05 Å². The predicted octanol–water partition coefficient (Wildman–Crippen LogP) is 2.90. The highest BCUT2D eigenvalue weighted by atomic mass is 35.5. The summed E-state index contributed by atoms with van der Waals surface area (Å²) in [6.45, 7) is 2.19. The normalized spacial score (nSPS) is 10.5. The summed E-state index contributed by atoms with van der Waals surface area (Å²) in [4.78, 5) is 10.5. The third kappa shape index (κ3) is 3.03. The molecule has 0 saturated heterocycles. The fourth-order valence-electron chi connectivity index (χ4n) is 1.84. The van der Waals surface area contributed by atoms with Crippen molar-refractivity contribution < 1.29 is 4.92 Å². The third-order valence-corrected chi connectivity index (χ3v) is 2.96. The second kappa shape index (κ2) is 5.27. The number of benzene rings is 1. The molecule has 0 fully saturated rings. The van der Waals surface area contributed by atoms with Crippen molar-refractivity contribution in [2.75, 3.05) is 5.32 Å². The number of hydrogen-bond acceptors (Lipinski definition) is 4. The van der Waals surface area contributed by atoms with Crippen molar-refractivity contribution in [2.45, 2.75) is 13.5 Å². The van der Waals surface area contributed by atoms with Crippen molar-refractivity contribution >= 4 is 23.0 Å². The number of aryl methyl sites for hydroxylation is 2. The Morgan fingerprint density at radius 2 is 2.26 bits per heavy atom. The zero-order chi connectivity index (χ0) is 14.0. The van der Waals surface area contributed by atoms with E-state index in [1.54, 1.807) is 10.7 Å². The first-order chi connectivity index (χ1) is 8.97. The summed E-state index contributed by atoms with van der Waals surface area (Å²) in [5.41, 5.74) is 2.28. The summed E-state index contributed by atoms with van der Waals surface area (Å²) in [6.07, 6.45) is 1.83. The van der Waals surface area contributed by atoms with E-state index in [4.69, 9.17) is 11.6 Å². The van der Waals surface area contributed by atoms with Gasteiger partial charge in [0, 0.05) is 30.9 Å². The molecule has 0 saturated carbocycles. The first kappa shape index (κ1) is 13.4. The van der Waals surface area contributed by atoms with Crippen molar-refractivity contribution in [1.82, 2.24) is 9.78 Å². The Balaban J connectivity index is 2.21. The monoisotopic (exact) mass is 280 g/mol. The molecule has 6 nitrogen and oxygen atoms in total. The number of nitro benzene ring substituents is 1. The average molecular weight is 281 g/mol. The number of aromatic nitrogens is 2. The number of rotatable bonds is 4. The topological polar surface area (TPSA) is 73.0 Å². The average Bonchev–Trinajstić information content (AvgIpc) is 2.65. The van der Waals surface area contributed by atoms with Crippen LogP contribution in [0.15, 0.2) is 24.4 Å². The van der Waals surface area contributed by atoms with Gasteiger partial charge in [0.2, 0.25) is 0 Å². The van der Waals surface area contributed by atoms with E-state index in [1.165, 1.54) is 12.1 Å². The van der Waals surface area contributed by atoms with Gasteiger partial charge in [0.05, 0.1) is 21.9 Å². The molecule has 0 unspecified atom stereocenters. The van der Waals surface area contributed by atoms with Crippen LogP contribution < -0.4 is 5.32 Å². The zero-order valence-electron chi connectivity index (χ0n) is 10.6. The Kier molecular flexibility index (Phi) is 3.71. The number of nitrogens with zero attached hydrogens (tertiary/aromatic N) is 3. The Bertz CT molecular complexity index is 624. The van der Waals surface area contributed by atoms with Crippen LogP contribution in [0, 0.1) is 17.0 Å². The van der Waals surface area contributed by atoms with Crippen molar-refractivity contribution in [3.63, 3.8) is 0 Å². The standard InChI is InChI=1S/C12H13ClN4O2/c1-8-11(7-16(2)15-8)14-6-9-5-10(13)3-4-12(9)17(18)19/h3-5,7,14H,6H2,1-2H3. The van der Waals surface area contributed by atoms with Gasteiger partial charge in [-0.3, -0.25) is 14.8 Å². The lowest BCUT2D eigenvalue weighted by Gasteiger charge is -2.06. The minimum atomic E-state index is -0.413. The molecule has 0 bridgehead atoms. The maximum atomic E-state index is 10.9. The number of anilines is 1. The molecule has 1 N–H and O–H groups in total. The van der Waals surface area contributed by atoms with Gasteiger partial charge in [-0.1, -0.05) is 11.6 Å². The molecule has 7 heteroatoms. The summed E-state index contributed by atoms with van der Waals surface area (Å²) >= 11 is 5.87. The Labute approximate surface area is 115 Å². The molecule has 0 aliphatic heterocycles. The lowest BCUT2D eigenvalue weighted by atomic mass is 10.2. The minimum absolute atomic E-state index is 0.0541. The first-order valence-corrected chi connectivity index (χ1v) is 6.02. The molecule has 0 radical (unpaired) electrons. The molecule has 1 aromatic heterocycles. The molecule has 1 heterocycles. The van der Waals surface area contributed by atoms with Crippen molar-refractivity contribution in [1.29, 1.82) is 0 Å². The maximum Gasteiger partial charge on any atom is 0.274 e. The molecule has 0 aliphatic carbocycles. The second-order valence-corrected chi connectivity index (χ2v) is 4.62. The number of nitro groups is 1. The van der Waals surface area contributed by atoms with Crippen LogP contribution in [0.25, 0.3) is 0 Å². The molecule has 1 aromatic carbocycles. The van der Waals surface area contributed by atoms with Gasteiger partial charge in [0.1, 0.15) is 0 Å². The molecular formula is C12H13ClN4O2. The quantitative estimate of drug-likeness (QED) is 0.690. The highest BCUT2D eigenvalue weighted by molar-refractivity contribution is 6.30. The summed E-state index contributed by atoms with van der Waals surface area (Å²) in [5.74, 6) is 0. The third-order valence-electron chi connectivity index (χ3n) is 2.72. The van der Waals surface area contributed by atoms with Crippen molar-refractivity contribution in [3.8, 4) is 0 Å². The molecule has 0 spiro atoms. The first-order valence-electron chi connectivity index (χ1n) is 5.64. The summed E-state index contributed by atoms with van der Waals surface area (Å²) in [7, 11) is 1.82. The Hall–Kier alpha value is -2.08. The summed E-state index contributed by atoms with van der Waals surface area (Å²) in [5, 5.41) is 18.7. The van der Waals surface area contributed by atoms with Crippen LogP contribution in [-0.4, -0.2) is 14.7 Å². The van der Waals surface area contributed by atoms with Crippen LogP contribution >= 0.6 is 11.6 Å². The largest absolute Gasteiger partial charge is 0.378 e. The number of hydrogen-bond donors (Lipinski definition) is 1. The van der Waals surface area contributed by atoms with E-state index in [2.05, 4.69) is 10.4 Å². The van der Waals surface area contributed by atoms with Gasteiger partial charge < -0.3 is 5.32 Å². The molecule has 0 aliphatic rings. The minimum Gasteiger partial charge on any atom is -0.378 e. The van der Waals surface area contributed by atoms with Gasteiger partial charge in [-0.15, -0.1) is 0 Å². The van der Waals surface area contributed by atoms with Gasteiger partial charge in [-0.25, -0.2) is 0 Å². The van der Waals surface area contributed by atoms with Gasteiger partial charge in [-0.2, -0.15) is 5.10 Å². The molecule has 0 atom stereocenters. The van der Waals surface area contributed by atoms with Gasteiger partial charge >= 0.3 is 0 Å². The zero-order valence-corrected chi connectivity index (χ0v) is 11.3. The maximum absolute atomic E-state index is 10.9. The molecule has 2 aromatic rings. The molecule has 19 heavy (non-hydrogen) atoms. The number of halogens is 1. The van der Waals surface area contributed by atoms with Crippen molar-refractivity contribution in [3.05, 3.63) is 50.8 Å². The predicted molar refractivity (Wildman–Crippen MR) is 73.4 cm³/mol. The summed E-state index contributed by atoms with van der Waals surface area (Å²) < 4.78 is 1.68. The van der Waals surface area contributed by atoms with E-state index >= 15 is 0 Å². The van der Waals surface area contributed by atoms with E-state index < -0.39 is 4.92 Å². The van der Waals surface area contributed by atoms with E-state index in [1.807, 2.05) is 20.2 Å². The van der Waals surface area contributed by atoms with Gasteiger partial charge in [0.25, 0.3) is 5.69 Å². The van der Waals surface area contributed by atoms with E-state index in [0.29, 0.717) is 17.1 Å². The molecular weight excluding hydrogens is 268 g/mol. The van der Waals surface area contributed by atoms with Crippen LogP contribution in [0.5, 0.6) is 0 Å². The number of nitrogens with one attached hydrogen (secondary N) is 1. The van der Waals surface area contributed by atoms with E-state index in [9.17, 15) is 10.1 Å². The van der Waals surface area contributed by atoms with Crippen LogP contribution in [0.3, 0.4) is 0 Å². The van der Waals surface area contributed by atoms with Crippen LogP contribution in [-0.2, 0) is 13.6 Å². The Morgan fingerprint density at radius 3 is 2.84 bits per heavy atom. The van der Waals surface area contributed by atoms with Crippen LogP contribution in [0.2, 0.25) is 5.02 Å². The fraction of sp³-hybridized carbons (Fsp3) is 0.250. The SMILES string of the molecule is Cc1nn(C)cc1NCc1cc(Cl)ccc1[N+](=O)[O-]. The smallest absolute Gasteiger partial charge is 0.274 e. The molecule has 100 valence electrons. The molecule has 2 rings (SSSR count). The van der Waals surface area contributed by atoms with Gasteiger partial charge in [0.15, 0.2) is 0 Å². The van der Waals surface area contributed by atoms with Crippen LogP contribution in [0.1, 0.15) is 11.3 Å². The summed E-state index contributed by atoms with van der Waals surface area (Å²) in [6, 6.07) is 4.52. The second-order valence-electron chi connectivity index (χ2n) is 4.19. The highest BCUT2D eigenvalue weighted by Crippen LogP contribution is 2.24. The fourth-order valence-corrected chi connectivity index (χ4v) is 2.03. The van der Waals surface area contributed by atoms with Gasteiger partial charge in [-0.05, 0) is 19.1 Å². The van der Waals surface area contributed by atoms with E-state index in [-0.39, 0.29) is 5.69 Å². The Morgan fingerprint density at radius 1 is 1.53 bits per heavy atom. The lowest BCUT2D eigenvalue weighted by molar-refractivity contribution is -0.385. The highest BCUT2D eigenvalue weighted by Gasteiger charge is 2.14. The lowest BCUT2D eigenvalue weighted by Crippen LogP contribution is -2.03. The molecule has 0 amide bonds. The van der Waals surface area contributed by atoms with E-state index in [0.717, 1.165) is 11.4 Å².